The normalized spacial score (nSPS) is 12.2. The van der Waals surface area contributed by atoms with Gasteiger partial charge >= 0.3 is 0 Å². The van der Waals surface area contributed by atoms with Gasteiger partial charge in [-0.1, -0.05) is 60.7 Å². The molecule has 0 spiro atoms. The molecule has 0 radical (unpaired) electrons. The number of halogens is 2. The van der Waals surface area contributed by atoms with Crippen molar-refractivity contribution in [3.05, 3.63) is 71.8 Å². The standard InChI is InChI=1S/2C10H12FNO/c2*1-8(11)10(13)12-7-9-5-3-2-4-6-9/h2*2-6,8H,7H2,1H3,(H,12,13)/t2*8-/m11/s1. The molecule has 0 unspecified atom stereocenters. The molecule has 0 bridgehead atoms. The van der Waals surface area contributed by atoms with Crippen molar-refractivity contribution in [3.8, 4) is 0 Å². The summed E-state index contributed by atoms with van der Waals surface area (Å²) in [4.78, 5) is 21.7. The Bertz CT molecular complexity index is 603. The Kier molecular flexibility index (Phi) is 9.61. The average molecular weight is 362 g/mol. The Morgan fingerprint density at radius 1 is 0.731 bits per heavy atom. The van der Waals surface area contributed by atoms with Crippen LogP contribution < -0.4 is 10.6 Å². The highest BCUT2D eigenvalue weighted by atomic mass is 19.1. The molecule has 0 saturated heterocycles. The van der Waals surface area contributed by atoms with E-state index in [2.05, 4.69) is 10.6 Å². The lowest BCUT2D eigenvalue weighted by molar-refractivity contribution is -0.126. The fourth-order valence-corrected chi connectivity index (χ4v) is 1.85. The molecule has 0 aliphatic heterocycles. The fourth-order valence-electron chi connectivity index (χ4n) is 1.85. The summed E-state index contributed by atoms with van der Waals surface area (Å²) in [6.07, 6.45) is -2.88. The number of nitrogens with one attached hydrogen (secondary N) is 2. The summed E-state index contributed by atoms with van der Waals surface area (Å²) in [7, 11) is 0. The van der Waals surface area contributed by atoms with Crippen LogP contribution in [0.25, 0.3) is 0 Å². The van der Waals surface area contributed by atoms with E-state index in [0.717, 1.165) is 11.1 Å². The second-order valence-corrected chi connectivity index (χ2v) is 5.64. The van der Waals surface area contributed by atoms with Gasteiger partial charge < -0.3 is 10.6 Å². The van der Waals surface area contributed by atoms with E-state index in [9.17, 15) is 18.4 Å². The highest BCUT2D eigenvalue weighted by Gasteiger charge is 2.09. The van der Waals surface area contributed by atoms with Gasteiger partial charge in [-0.2, -0.15) is 0 Å². The molecule has 0 aliphatic rings. The summed E-state index contributed by atoms with van der Waals surface area (Å²) >= 11 is 0. The van der Waals surface area contributed by atoms with E-state index in [-0.39, 0.29) is 0 Å². The molecular formula is C20H24F2N2O2. The molecule has 2 aromatic carbocycles. The predicted molar refractivity (Wildman–Crippen MR) is 97.7 cm³/mol. The van der Waals surface area contributed by atoms with E-state index in [0.29, 0.717) is 13.1 Å². The van der Waals surface area contributed by atoms with Gasteiger partial charge in [0, 0.05) is 13.1 Å². The average Bonchev–Trinajstić information content (AvgIpc) is 2.66. The number of carbonyl (C=O) groups excluding carboxylic acids is 2. The third-order valence-corrected chi connectivity index (χ3v) is 3.34. The van der Waals surface area contributed by atoms with Crippen molar-refractivity contribution >= 4 is 11.8 Å². The van der Waals surface area contributed by atoms with Crippen molar-refractivity contribution < 1.29 is 18.4 Å². The predicted octanol–water partition coefficient (Wildman–Crippen LogP) is 3.32. The maximum atomic E-state index is 12.4. The number of carbonyl (C=O) groups is 2. The quantitative estimate of drug-likeness (QED) is 0.828. The molecule has 26 heavy (non-hydrogen) atoms. The lowest BCUT2D eigenvalue weighted by Crippen LogP contribution is -2.29. The highest BCUT2D eigenvalue weighted by molar-refractivity contribution is 5.80. The first-order chi connectivity index (χ1) is 12.4. The summed E-state index contributed by atoms with van der Waals surface area (Å²) in [5.41, 5.74) is 1.94. The summed E-state index contributed by atoms with van der Waals surface area (Å²) in [5, 5.41) is 4.97. The van der Waals surface area contributed by atoms with Gasteiger partial charge in [0.15, 0.2) is 12.3 Å². The number of rotatable bonds is 6. The van der Waals surface area contributed by atoms with Gasteiger partial charge in [-0.3, -0.25) is 9.59 Å². The molecular weight excluding hydrogens is 338 g/mol. The summed E-state index contributed by atoms with van der Waals surface area (Å²) < 4.78 is 24.8. The molecule has 2 atom stereocenters. The lowest BCUT2D eigenvalue weighted by Gasteiger charge is -2.04. The summed E-state index contributed by atoms with van der Waals surface area (Å²) in [6, 6.07) is 18.8. The molecule has 6 heteroatoms. The highest BCUT2D eigenvalue weighted by Crippen LogP contribution is 1.99. The smallest absolute Gasteiger partial charge is 0.254 e. The molecule has 4 nitrogen and oxygen atoms in total. The lowest BCUT2D eigenvalue weighted by atomic mass is 10.2. The molecule has 0 heterocycles. The maximum absolute atomic E-state index is 12.4. The van der Waals surface area contributed by atoms with Crippen LogP contribution >= 0.6 is 0 Å². The van der Waals surface area contributed by atoms with Crippen molar-refractivity contribution in [3.63, 3.8) is 0 Å². The second kappa shape index (κ2) is 11.7. The van der Waals surface area contributed by atoms with E-state index in [4.69, 9.17) is 0 Å². The molecule has 0 fully saturated rings. The molecule has 2 N–H and O–H groups in total. The molecule has 2 amide bonds. The second-order valence-electron chi connectivity index (χ2n) is 5.64. The van der Waals surface area contributed by atoms with Crippen LogP contribution in [-0.2, 0) is 22.7 Å². The molecule has 2 aromatic rings. The zero-order valence-electron chi connectivity index (χ0n) is 14.9. The van der Waals surface area contributed by atoms with E-state index in [1.807, 2.05) is 60.7 Å². The Morgan fingerprint density at radius 3 is 1.31 bits per heavy atom. The van der Waals surface area contributed by atoms with Gasteiger partial charge in [-0.05, 0) is 25.0 Å². The van der Waals surface area contributed by atoms with Gasteiger partial charge in [0.1, 0.15) is 0 Å². The SMILES string of the molecule is C[C@@H](F)C(=O)NCc1ccccc1.C[C@@H](F)C(=O)NCc1ccccc1. The first-order valence-corrected chi connectivity index (χ1v) is 8.31. The van der Waals surface area contributed by atoms with Crippen molar-refractivity contribution in [1.82, 2.24) is 10.6 Å². The first kappa shape index (κ1) is 21.3. The topological polar surface area (TPSA) is 58.2 Å². The van der Waals surface area contributed by atoms with E-state index in [1.54, 1.807) is 0 Å². The number of hydrogen-bond donors (Lipinski definition) is 2. The van der Waals surface area contributed by atoms with Crippen LogP contribution in [0.15, 0.2) is 60.7 Å². The van der Waals surface area contributed by atoms with Crippen LogP contribution in [0.1, 0.15) is 25.0 Å². The molecule has 0 aliphatic carbocycles. The van der Waals surface area contributed by atoms with E-state index >= 15 is 0 Å². The van der Waals surface area contributed by atoms with Crippen LogP contribution in [0.3, 0.4) is 0 Å². The van der Waals surface area contributed by atoms with Gasteiger partial charge in [-0.15, -0.1) is 0 Å². The zero-order valence-corrected chi connectivity index (χ0v) is 14.9. The Balaban J connectivity index is 0.000000260. The Morgan fingerprint density at radius 2 is 1.04 bits per heavy atom. The van der Waals surface area contributed by atoms with Crippen molar-refractivity contribution in [2.24, 2.45) is 0 Å². The third-order valence-electron chi connectivity index (χ3n) is 3.34. The Labute approximate surface area is 152 Å². The summed E-state index contributed by atoms with van der Waals surface area (Å²) in [6.45, 7) is 3.21. The monoisotopic (exact) mass is 362 g/mol. The molecule has 140 valence electrons. The van der Waals surface area contributed by atoms with Crippen LogP contribution in [0.2, 0.25) is 0 Å². The number of hydrogen-bond acceptors (Lipinski definition) is 2. The van der Waals surface area contributed by atoms with E-state index < -0.39 is 24.2 Å². The van der Waals surface area contributed by atoms with Crippen molar-refractivity contribution in [1.29, 1.82) is 0 Å². The third kappa shape index (κ3) is 8.92. The minimum atomic E-state index is -1.44. The van der Waals surface area contributed by atoms with Crippen LogP contribution in [0, 0.1) is 0 Å². The van der Waals surface area contributed by atoms with Crippen molar-refractivity contribution in [2.75, 3.05) is 0 Å². The van der Waals surface area contributed by atoms with Crippen LogP contribution in [0.5, 0.6) is 0 Å². The minimum Gasteiger partial charge on any atom is -0.350 e. The van der Waals surface area contributed by atoms with Gasteiger partial charge in [0.2, 0.25) is 0 Å². The number of amides is 2. The number of alkyl halides is 2. The molecule has 0 aromatic heterocycles. The minimum absolute atomic E-state index is 0.383. The van der Waals surface area contributed by atoms with Gasteiger partial charge in [-0.25, -0.2) is 8.78 Å². The fraction of sp³-hybridized carbons (Fsp3) is 0.300. The van der Waals surface area contributed by atoms with Crippen LogP contribution in [0.4, 0.5) is 8.78 Å². The van der Waals surface area contributed by atoms with Gasteiger partial charge in [0.25, 0.3) is 11.8 Å². The molecule has 2 rings (SSSR count). The van der Waals surface area contributed by atoms with Crippen LogP contribution in [-0.4, -0.2) is 24.2 Å². The number of benzene rings is 2. The maximum Gasteiger partial charge on any atom is 0.254 e. The van der Waals surface area contributed by atoms with Crippen molar-refractivity contribution in [2.45, 2.75) is 39.3 Å². The van der Waals surface area contributed by atoms with E-state index in [1.165, 1.54) is 13.8 Å². The first-order valence-electron chi connectivity index (χ1n) is 8.31. The molecule has 0 saturated carbocycles. The Hall–Kier alpha value is -2.76. The summed E-state index contributed by atoms with van der Waals surface area (Å²) in [5.74, 6) is -1.13. The zero-order chi connectivity index (χ0) is 19.4. The largest absolute Gasteiger partial charge is 0.350 e. The van der Waals surface area contributed by atoms with Gasteiger partial charge in [0.05, 0.1) is 0 Å².